The van der Waals surface area contributed by atoms with Gasteiger partial charge in [-0.3, -0.25) is 0 Å². The summed E-state index contributed by atoms with van der Waals surface area (Å²) in [7, 11) is -1.51. The van der Waals surface area contributed by atoms with E-state index in [0.717, 1.165) is 0 Å². The van der Waals surface area contributed by atoms with Crippen molar-refractivity contribution in [3.05, 3.63) is 25.3 Å². The van der Waals surface area contributed by atoms with Gasteiger partial charge in [-0.15, -0.1) is 13.2 Å². The van der Waals surface area contributed by atoms with Crippen molar-refractivity contribution >= 4 is 9.76 Å². The molecule has 0 heterocycles. The van der Waals surface area contributed by atoms with Gasteiger partial charge in [0.25, 0.3) is 6.43 Å². The van der Waals surface area contributed by atoms with Crippen LogP contribution in [0.25, 0.3) is 0 Å². The summed E-state index contributed by atoms with van der Waals surface area (Å²) in [5.74, 6) is 0. The highest BCUT2D eigenvalue weighted by molar-refractivity contribution is 6.35. The van der Waals surface area contributed by atoms with Crippen LogP contribution in [0.2, 0.25) is 5.04 Å². The number of hydrogen-bond donors (Lipinski definition) is 0. The molecule has 0 aromatic rings. The smallest absolute Gasteiger partial charge is 0.270 e. The van der Waals surface area contributed by atoms with Crippen molar-refractivity contribution in [1.82, 2.24) is 0 Å². The zero-order chi connectivity index (χ0) is 12.1. The lowest BCUT2D eigenvalue weighted by Crippen LogP contribution is -2.35. The zero-order valence-corrected chi connectivity index (χ0v) is 10.5. The van der Waals surface area contributed by atoms with Crippen LogP contribution in [0.1, 0.15) is 13.8 Å². The molecule has 0 rings (SSSR count). The van der Waals surface area contributed by atoms with E-state index in [9.17, 15) is 13.2 Å². The average molecular weight is 238 g/mol. The maximum absolute atomic E-state index is 13.4. The van der Waals surface area contributed by atoms with Crippen LogP contribution in [0.4, 0.5) is 13.2 Å². The minimum atomic E-state index is -3.04. The quantitative estimate of drug-likeness (QED) is 0.489. The summed E-state index contributed by atoms with van der Waals surface area (Å²) in [6.07, 6.45) is -3.04. The van der Waals surface area contributed by atoms with E-state index in [0.29, 0.717) is 0 Å². The number of rotatable bonds is 7. The van der Waals surface area contributed by atoms with Gasteiger partial charge in [0.05, 0.1) is 5.04 Å². The SMILES string of the molecule is C=CC(C=C)([SiH2]OC(C)C)C(F)C(F)F. The molecule has 0 aliphatic carbocycles. The number of halogens is 3. The van der Waals surface area contributed by atoms with Gasteiger partial charge < -0.3 is 4.43 Å². The van der Waals surface area contributed by atoms with Crippen molar-refractivity contribution in [3.63, 3.8) is 0 Å². The van der Waals surface area contributed by atoms with Gasteiger partial charge in [-0.2, -0.15) is 0 Å². The molecule has 0 aromatic carbocycles. The van der Waals surface area contributed by atoms with Crippen LogP contribution in [0, 0.1) is 0 Å². The second-order valence-electron chi connectivity index (χ2n) is 3.62. The zero-order valence-electron chi connectivity index (χ0n) is 9.05. The minimum Gasteiger partial charge on any atom is -0.420 e. The first-order valence-corrected chi connectivity index (χ1v) is 5.99. The van der Waals surface area contributed by atoms with Gasteiger partial charge in [0.2, 0.25) is 0 Å². The van der Waals surface area contributed by atoms with Gasteiger partial charge in [-0.05, 0) is 13.8 Å². The Hall–Kier alpha value is -0.553. The Morgan fingerprint density at radius 1 is 1.20 bits per heavy atom. The van der Waals surface area contributed by atoms with E-state index in [1.807, 2.05) is 0 Å². The molecule has 15 heavy (non-hydrogen) atoms. The molecule has 0 spiro atoms. The molecule has 5 heteroatoms. The molecule has 0 N–H and O–H groups in total. The predicted octanol–water partition coefficient (Wildman–Crippen LogP) is 2.63. The fourth-order valence-corrected chi connectivity index (χ4v) is 2.25. The number of allylic oxidation sites excluding steroid dienone is 2. The summed E-state index contributed by atoms with van der Waals surface area (Å²) >= 11 is 0. The summed E-state index contributed by atoms with van der Waals surface area (Å²) in [5.41, 5.74) is 0. The van der Waals surface area contributed by atoms with Crippen LogP contribution in [0.3, 0.4) is 0 Å². The number of hydrogen-bond acceptors (Lipinski definition) is 1. The topological polar surface area (TPSA) is 9.23 Å². The Balaban J connectivity index is 4.71. The molecule has 0 aliphatic rings. The molecule has 88 valence electrons. The normalized spacial score (nSPS) is 15.1. The molecule has 0 amide bonds. The van der Waals surface area contributed by atoms with Gasteiger partial charge in [0.1, 0.15) is 0 Å². The van der Waals surface area contributed by atoms with Crippen molar-refractivity contribution in [3.8, 4) is 0 Å². The van der Waals surface area contributed by atoms with E-state index in [-0.39, 0.29) is 6.10 Å². The van der Waals surface area contributed by atoms with Crippen molar-refractivity contribution in [2.75, 3.05) is 0 Å². The fourth-order valence-electron chi connectivity index (χ4n) is 1.05. The van der Waals surface area contributed by atoms with Gasteiger partial charge in [0, 0.05) is 6.10 Å². The largest absolute Gasteiger partial charge is 0.420 e. The number of alkyl halides is 3. The highest BCUT2D eigenvalue weighted by Crippen LogP contribution is 2.38. The third-order valence-electron chi connectivity index (χ3n) is 2.16. The van der Waals surface area contributed by atoms with Crippen LogP contribution in [-0.2, 0) is 4.43 Å². The van der Waals surface area contributed by atoms with E-state index < -0.39 is 27.4 Å². The molecule has 1 atom stereocenters. The maximum Gasteiger partial charge on any atom is 0.270 e. The van der Waals surface area contributed by atoms with Gasteiger partial charge in [-0.1, -0.05) is 12.2 Å². The highest BCUT2D eigenvalue weighted by Gasteiger charge is 2.41. The summed E-state index contributed by atoms with van der Waals surface area (Å²) in [5, 5.41) is -1.38. The van der Waals surface area contributed by atoms with E-state index in [1.54, 1.807) is 13.8 Å². The summed E-state index contributed by atoms with van der Waals surface area (Å²) in [4.78, 5) is 0. The van der Waals surface area contributed by atoms with Crippen LogP contribution >= 0.6 is 0 Å². The van der Waals surface area contributed by atoms with Gasteiger partial charge >= 0.3 is 0 Å². The van der Waals surface area contributed by atoms with Crippen LogP contribution < -0.4 is 0 Å². The van der Waals surface area contributed by atoms with Crippen LogP contribution in [0.5, 0.6) is 0 Å². The molecule has 0 fully saturated rings. The first-order valence-electron chi connectivity index (χ1n) is 4.70. The highest BCUT2D eigenvalue weighted by atomic mass is 28.2. The lowest BCUT2D eigenvalue weighted by Gasteiger charge is -2.30. The first-order chi connectivity index (χ1) is 6.89. The lowest BCUT2D eigenvalue weighted by atomic mass is 10.0. The standard InChI is InChI=1S/C10H17F3OSi/c1-5-10(6-2,8(11)9(12)13)15-14-7(3)4/h5-9H,1-2,15H2,3-4H3. The third-order valence-corrected chi connectivity index (χ3v) is 4.46. The average Bonchev–Trinajstić information content (AvgIpc) is 2.19. The Morgan fingerprint density at radius 2 is 1.67 bits per heavy atom. The van der Waals surface area contributed by atoms with Gasteiger partial charge in [-0.25, -0.2) is 13.2 Å². The first kappa shape index (κ1) is 14.4. The van der Waals surface area contributed by atoms with E-state index in [2.05, 4.69) is 13.2 Å². The molecule has 0 aliphatic heterocycles. The monoisotopic (exact) mass is 238 g/mol. The van der Waals surface area contributed by atoms with E-state index in [4.69, 9.17) is 4.43 Å². The summed E-state index contributed by atoms with van der Waals surface area (Å²) in [6.45, 7) is 10.3. The summed E-state index contributed by atoms with van der Waals surface area (Å²) < 4.78 is 43.3. The van der Waals surface area contributed by atoms with Gasteiger partial charge in [0.15, 0.2) is 15.9 Å². The summed E-state index contributed by atoms with van der Waals surface area (Å²) in [6, 6.07) is 0. The Kier molecular flexibility index (Phi) is 5.90. The van der Waals surface area contributed by atoms with Crippen LogP contribution in [0.15, 0.2) is 25.3 Å². The molecular formula is C10H17F3OSi. The fraction of sp³-hybridized carbons (Fsp3) is 0.600. The molecule has 1 unspecified atom stereocenters. The minimum absolute atomic E-state index is 0.0965. The maximum atomic E-state index is 13.4. The molecule has 0 saturated heterocycles. The molecule has 1 nitrogen and oxygen atoms in total. The Bertz CT molecular complexity index is 211. The van der Waals surface area contributed by atoms with E-state index in [1.165, 1.54) is 12.2 Å². The van der Waals surface area contributed by atoms with Crippen molar-refractivity contribution in [1.29, 1.82) is 0 Å². The van der Waals surface area contributed by atoms with E-state index >= 15 is 0 Å². The molecule has 0 radical (unpaired) electrons. The molecule has 0 aromatic heterocycles. The third kappa shape index (κ3) is 3.83. The van der Waals surface area contributed by atoms with Crippen molar-refractivity contribution in [2.45, 2.75) is 37.6 Å². The Labute approximate surface area is 91.0 Å². The molecular weight excluding hydrogens is 221 g/mol. The second kappa shape index (κ2) is 6.12. The molecule has 0 bridgehead atoms. The second-order valence-corrected chi connectivity index (χ2v) is 5.46. The van der Waals surface area contributed by atoms with Crippen LogP contribution in [-0.4, -0.2) is 28.5 Å². The molecule has 0 saturated carbocycles. The predicted molar refractivity (Wildman–Crippen MR) is 58.8 cm³/mol. The lowest BCUT2D eigenvalue weighted by molar-refractivity contribution is 0.0367. The van der Waals surface area contributed by atoms with Crippen molar-refractivity contribution < 1.29 is 17.6 Å². The Morgan fingerprint density at radius 3 is 1.93 bits per heavy atom. The van der Waals surface area contributed by atoms with Crippen molar-refractivity contribution in [2.24, 2.45) is 0 Å².